The molecule has 1 aliphatic carbocycles. The van der Waals surface area contributed by atoms with Gasteiger partial charge in [-0.1, -0.05) is 26.0 Å². The van der Waals surface area contributed by atoms with Crippen molar-refractivity contribution in [2.45, 2.75) is 52.0 Å². The van der Waals surface area contributed by atoms with E-state index in [1.165, 1.54) is 23.8 Å². The average Bonchev–Trinajstić information content (AvgIpc) is 2.41. The molecule has 2 heteroatoms. The summed E-state index contributed by atoms with van der Waals surface area (Å²) in [4.78, 5) is 4.58. The van der Waals surface area contributed by atoms with Crippen LogP contribution in [-0.4, -0.2) is 11.0 Å². The van der Waals surface area contributed by atoms with E-state index in [0.717, 1.165) is 17.6 Å². The molecule has 2 N–H and O–H groups in total. The van der Waals surface area contributed by atoms with Crippen molar-refractivity contribution in [2.75, 3.05) is 0 Å². The minimum atomic E-state index is 0.291. The normalized spacial score (nSPS) is 25.8. The third-order valence-corrected chi connectivity index (χ3v) is 4.72. The monoisotopic (exact) mass is 268 g/mol. The zero-order valence-electron chi connectivity index (χ0n) is 12.7. The van der Waals surface area contributed by atoms with Crippen molar-refractivity contribution in [1.29, 1.82) is 0 Å². The molecular formula is C18H24N2. The van der Waals surface area contributed by atoms with Gasteiger partial charge >= 0.3 is 0 Å². The maximum Gasteiger partial charge on any atom is 0.0705 e. The lowest BCUT2D eigenvalue weighted by molar-refractivity contribution is 0.199. The number of nitrogens with zero attached hydrogens (tertiary/aromatic N) is 1. The molecule has 2 unspecified atom stereocenters. The summed E-state index contributed by atoms with van der Waals surface area (Å²) in [6.07, 6.45) is 3.54. The molecule has 1 aromatic carbocycles. The summed E-state index contributed by atoms with van der Waals surface area (Å²) in [5, 5.41) is 1.23. The summed E-state index contributed by atoms with van der Waals surface area (Å²) in [5.74, 6) is 0.476. The van der Waals surface area contributed by atoms with Crippen LogP contribution < -0.4 is 5.73 Å². The van der Waals surface area contributed by atoms with Crippen LogP contribution in [0.3, 0.4) is 0 Å². The number of hydrogen-bond acceptors (Lipinski definition) is 2. The first-order valence-electron chi connectivity index (χ1n) is 7.57. The SMILES string of the molecule is Cc1ccc2cc(C3CC(C)(C)CCC3N)ccc2n1. The van der Waals surface area contributed by atoms with Gasteiger partial charge in [-0.15, -0.1) is 0 Å². The fourth-order valence-corrected chi connectivity index (χ4v) is 3.45. The Kier molecular flexibility index (Phi) is 3.29. The largest absolute Gasteiger partial charge is 0.327 e. The van der Waals surface area contributed by atoms with Gasteiger partial charge in [0.1, 0.15) is 0 Å². The van der Waals surface area contributed by atoms with Gasteiger partial charge in [0.25, 0.3) is 0 Å². The summed E-state index contributed by atoms with van der Waals surface area (Å²) in [5.41, 5.74) is 10.3. The zero-order chi connectivity index (χ0) is 14.3. The molecule has 0 amide bonds. The summed E-state index contributed by atoms with van der Waals surface area (Å²) in [7, 11) is 0. The Hall–Kier alpha value is -1.41. The highest BCUT2D eigenvalue weighted by Crippen LogP contribution is 2.43. The van der Waals surface area contributed by atoms with Crippen LogP contribution in [0.1, 0.15) is 50.3 Å². The molecule has 3 rings (SSSR count). The van der Waals surface area contributed by atoms with Gasteiger partial charge in [-0.25, -0.2) is 0 Å². The van der Waals surface area contributed by atoms with Crippen molar-refractivity contribution in [2.24, 2.45) is 11.1 Å². The Morgan fingerprint density at radius 3 is 2.80 bits per heavy atom. The van der Waals surface area contributed by atoms with Crippen LogP contribution >= 0.6 is 0 Å². The maximum absolute atomic E-state index is 6.38. The first-order valence-corrected chi connectivity index (χ1v) is 7.57. The Balaban J connectivity index is 1.98. The van der Waals surface area contributed by atoms with E-state index in [1.807, 2.05) is 6.92 Å². The summed E-state index contributed by atoms with van der Waals surface area (Å²) < 4.78 is 0. The van der Waals surface area contributed by atoms with Crippen molar-refractivity contribution < 1.29 is 0 Å². The molecule has 0 aliphatic heterocycles. The standard InChI is InChI=1S/C18H24N2/c1-12-4-5-14-10-13(6-7-17(14)20-12)15-11-18(2,3)9-8-16(15)19/h4-7,10,15-16H,8-9,11,19H2,1-3H3. The molecule has 2 nitrogen and oxygen atoms in total. The molecule has 1 aliphatic rings. The van der Waals surface area contributed by atoms with Gasteiger partial charge in [0, 0.05) is 17.1 Å². The molecule has 2 aromatic rings. The van der Waals surface area contributed by atoms with Gasteiger partial charge in [-0.3, -0.25) is 4.98 Å². The highest BCUT2D eigenvalue weighted by molar-refractivity contribution is 5.79. The molecule has 0 saturated heterocycles. The van der Waals surface area contributed by atoms with Crippen LogP contribution in [0, 0.1) is 12.3 Å². The molecule has 106 valence electrons. The molecule has 1 aromatic heterocycles. The Bertz CT molecular complexity index is 630. The van der Waals surface area contributed by atoms with Gasteiger partial charge in [0.05, 0.1) is 5.52 Å². The van der Waals surface area contributed by atoms with Crippen LogP contribution in [0.5, 0.6) is 0 Å². The first kappa shape index (κ1) is 13.6. The Labute approximate surface area is 121 Å². The lowest BCUT2D eigenvalue weighted by atomic mass is 9.68. The second kappa shape index (κ2) is 4.85. The molecule has 1 fully saturated rings. The molecule has 2 atom stereocenters. The quantitative estimate of drug-likeness (QED) is 0.843. The van der Waals surface area contributed by atoms with Crippen LogP contribution in [0.2, 0.25) is 0 Å². The maximum atomic E-state index is 6.38. The molecule has 0 spiro atoms. The molecule has 0 bridgehead atoms. The van der Waals surface area contributed by atoms with Crippen LogP contribution in [0.4, 0.5) is 0 Å². The van der Waals surface area contributed by atoms with Gasteiger partial charge < -0.3 is 5.73 Å². The second-order valence-corrected chi connectivity index (χ2v) is 7.08. The number of nitrogens with two attached hydrogens (primary N) is 1. The third-order valence-electron chi connectivity index (χ3n) is 4.72. The van der Waals surface area contributed by atoms with Crippen LogP contribution in [0.15, 0.2) is 30.3 Å². The lowest BCUT2D eigenvalue weighted by Crippen LogP contribution is -2.37. The average molecular weight is 268 g/mol. The fourth-order valence-electron chi connectivity index (χ4n) is 3.45. The minimum Gasteiger partial charge on any atom is -0.327 e. The first-order chi connectivity index (χ1) is 9.44. The topological polar surface area (TPSA) is 38.9 Å². The summed E-state index contributed by atoms with van der Waals surface area (Å²) in [6, 6.07) is 11.2. The van der Waals surface area contributed by atoms with E-state index in [9.17, 15) is 0 Å². The second-order valence-electron chi connectivity index (χ2n) is 7.08. The minimum absolute atomic E-state index is 0.291. The van der Waals surface area contributed by atoms with E-state index in [0.29, 0.717) is 17.4 Å². The van der Waals surface area contributed by atoms with Crippen molar-refractivity contribution in [1.82, 2.24) is 4.98 Å². The lowest BCUT2D eigenvalue weighted by Gasteiger charge is -2.39. The van der Waals surface area contributed by atoms with Crippen LogP contribution in [0.25, 0.3) is 10.9 Å². The highest BCUT2D eigenvalue weighted by atomic mass is 14.7. The summed E-state index contributed by atoms with van der Waals surface area (Å²) >= 11 is 0. The van der Waals surface area contributed by atoms with E-state index in [4.69, 9.17) is 5.73 Å². The highest BCUT2D eigenvalue weighted by Gasteiger charge is 2.33. The number of rotatable bonds is 1. The third kappa shape index (κ3) is 2.57. The summed E-state index contributed by atoms with van der Waals surface area (Å²) in [6.45, 7) is 6.75. The predicted octanol–water partition coefficient (Wildman–Crippen LogP) is 4.16. The Morgan fingerprint density at radius 2 is 2.00 bits per heavy atom. The van der Waals surface area contributed by atoms with E-state index >= 15 is 0 Å². The van der Waals surface area contributed by atoms with Crippen molar-refractivity contribution >= 4 is 10.9 Å². The molecular weight excluding hydrogens is 244 g/mol. The predicted molar refractivity (Wildman–Crippen MR) is 84.8 cm³/mol. The number of fused-ring (bicyclic) bond motifs is 1. The van der Waals surface area contributed by atoms with Gasteiger partial charge in [-0.05, 0) is 61.3 Å². The number of pyridine rings is 1. The molecule has 1 heterocycles. The molecule has 20 heavy (non-hydrogen) atoms. The van der Waals surface area contributed by atoms with E-state index in [1.54, 1.807) is 0 Å². The van der Waals surface area contributed by atoms with Crippen molar-refractivity contribution in [3.05, 3.63) is 41.6 Å². The van der Waals surface area contributed by atoms with E-state index < -0.39 is 0 Å². The Morgan fingerprint density at radius 1 is 1.20 bits per heavy atom. The zero-order valence-corrected chi connectivity index (χ0v) is 12.7. The fraction of sp³-hybridized carbons (Fsp3) is 0.500. The van der Waals surface area contributed by atoms with Crippen LogP contribution in [-0.2, 0) is 0 Å². The number of aromatic nitrogens is 1. The van der Waals surface area contributed by atoms with Gasteiger partial charge in [0.2, 0.25) is 0 Å². The number of benzene rings is 1. The number of aryl methyl sites for hydroxylation is 1. The van der Waals surface area contributed by atoms with Crippen molar-refractivity contribution in [3.63, 3.8) is 0 Å². The van der Waals surface area contributed by atoms with Gasteiger partial charge in [0.15, 0.2) is 0 Å². The van der Waals surface area contributed by atoms with E-state index in [2.05, 4.69) is 49.2 Å². The smallest absolute Gasteiger partial charge is 0.0705 e. The molecule has 1 saturated carbocycles. The molecule has 0 radical (unpaired) electrons. The number of hydrogen-bond donors (Lipinski definition) is 1. The van der Waals surface area contributed by atoms with Crippen molar-refractivity contribution in [3.8, 4) is 0 Å². The van der Waals surface area contributed by atoms with E-state index in [-0.39, 0.29) is 0 Å². The van der Waals surface area contributed by atoms with Gasteiger partial charge in [-0.2, -0.15) is 0 Å².